The van der Waals surface area contributed by atoms with Gasteiger partial charge in [0.15, 0.2) is 0 Å². The third-order valence-corrected chi connectivity index (χ3v) is 7.00. The van der Waals surface area contributed by atoms with Gasteiger partial charge in [-0.3, -0.25) is 14.7 Å². The maximum atomic E-state index is 13.2. The third kappa shape index (κ3) is 7.20. The molecule has 0 unspecified atom stereocenters. The average Bonchev–Trinajstić information content (AvgIpc) is 3.61. The van der Waals surface area contributed by atoms with E-state index in [1.165, 1.54) is 16.9 Å². The summed E-state index contributed by atoms with van der Waals surface area (Å²) in [5, 5.41) is 18.6. The topological polar surface area (TPSA) is 151 Å². The van der Waals surface area contributed by atoms with E-state index in [-0.39, 0.29) is 24.1 Å². The predicted molar refractivity (Wildman–Crippen MR) is 154 cm³/mol. The number of rotatable bonds is 12. The number of nitrogens with zero attached hydrogens (tertiary/aromatic N) is 3. The second kappa shape index (κ2) is 13.2. The lowest BCUT2D eigenvalue weighted by molar-refractivity contribution is -0.149. The number of amides is 2. The van der Waals surface area contributed by atoms with Gasteiger partial charge < -0.3 is 20.7 Å². The van der Waals surface area contributed by atoms with Crippen LogP contribution in [0.15, 0.2) is 41.9 Å². The minimum atomic E-state index is -1.09. The van der Waals surface area contributed by atoms with Crippen molar-refractivity contribution in [1.29, 1.82) is 0 Å². The normalized spacial score (nSPS) is 11.8. The molecular weight excluding hydrogens is 530 g/mol. The fourth-order valence-corrected chi connectivity index (χ4v) is 4.92. The quantitative estimate of drug-likeness (QED) is 0.151. The van der Waals surface area contributed by atoms with E-state index in [0.717, 1.165) is 23.7 Å². The number of hydrogen-bond donors (Lipinski definition) is 4. The van der Waals surface area contributed by atoms with Crippen LogP contribution in [0.5, 0.6) is 0 Å². The van der Waals surface area contributed by atoms with E-state index in [9.17, 15) is 14.4 Å². The molecule has 1 aromatic carbocycles. The second-order valence-electron chi connectivity index (χ2n) is 9.57. The number of nitrogens with one attached hydrogen (secondary N) is 4. The molecule has 0 radical (unpaired) electrons. The molecule has 0 fully saturated rings. The maximum absolute atomic E-state index is 13.2. The first-order valence-corrected chi connectivity index (χ1v) is 13.9. The van der Waals surface area contributed by atoms with Crippen molar-refractivity contribution >= 4 is 46.0 Å². The predicted octanol–water partition coefficient (Wildman–Crippen LogP) is 3.56. The number of aromatic amines is 1. The molecule has 40 heavy (non-hydrogen) atoms. The van der Waals surface area contributed by atoms with Crippen LogP contribution in [0.25, 0.3) is 10.9 Å². The minimum Gasteiger partial charge on any atom is -0.461 e. The van der Waals surface area contributed by atoms with E-state index in [0.29, 0.717) is 28.8 Å². The Balaban J connectivity index is 1.37. The van der Waals surface area contributed by atoms with Crippen molar-refractivity contribution in [3.8, 4) is 0 Å². The van der Waals surface area contributed by atoms with Crippen LogP contribution in [0.1, 0.15) is 57.2 Å². The molecule has 0 aliphatic carbocycles. The molecule has 0 saturated heterocycles. The van der Waals surface area contributed by atoms with Crippen LogP contribution in [0, 0.1) is 13.8 Å². The molecule has 11 nitrogen and oxygen atoms in total. The van der Waals surface area contributed by atoms with Gasteiger partial charge in [0.25, 0.3) is 11.8 Å². The number of thiophene rings is 1. The first-order valence-electron chi connectivity index (χ1n) is 13.1. The van der Waals surface area contributed by atoms with Crippen molar-refractivity contribution in [2.24, 2.45) is 0 Å². The summed E-state index contributed by atoms with van der Waals surface area (Å²) in [6.45, 7) is 7.38. The summed E-state index contributed by atoms with van der Waals surface area (Å²) in [6.07, 6.45) is 3.16. The van der Waals surface area contributed by atoms with E-state index < -0.39 is 17.9 Å². The molecular formula is C28H33N7O4S. The first kappa shape index (κ1) is 28.7. The summed E-state index contributed by atoms with van der Waals surface area (Å²) in [7, 11) is 0. The molecule has 0 aliphatic heterocycles. The van der Waals surface area contributed by atoms with Gasteiger partial charge in [0.05, 0.1) is 39.6 Å². The molecule has 0 aliphatic rings. The van der Waals surface area contributed by atoms with E-state index in [1.807, 2.05) is 18.3 Å². The number of ether oxygens (including phenoxy) is 1. The number of benzene rings is 1. The van der Waals surface area contributed by atoms with Crippen molar-refractivity contribution in [3.63, 3.8) is 0 Å². The number of anilines is 1. The highest BCUT2D eigenvalue weighted by Gasteiger charge is 2.27. The van der Waals surface area contributed by atoms with Gasteiger partial charge in [-0.05, 0) is 63.6 Å². The number of esters is 1. The van der Waals surface area contributed by atoms with Crippen LogP contribution >= 0.6 is 11.3 Å². The van der Waals surface area contributed by atoms with Crippen LogP contribution in [0.4, 0.5) is 5.95 Å². The molecule has 0 spiro atoms. The Labute approximate surface area is 236 Å². The van der Waals surface area contributed by atoms with Gasteiger partial charge in [-0.15, -0.1) is 11.3 Å². The van der Waals surface area contributed by atoms with Crippen molar-refractivity contribution < 1.29 is 19.1 Å². The second-order valence-corrected chi connectivity index (χ2v) is 10.5. The van der Waals surface area contributed by atoms with Gasteiger partial charge in [0, 0.05) is 18.5 Å². The molecule has 4 N–H and O–H groups in total. The standard InChI is InChI=1S/C28H33N7O4S/c1-16(2)39-27(38)22(15-30-25(36)23-11-7-13-40-23)34-26(37)24-17(3)32-28(33-18(24)4)29-12-6-9-19-8-5-10-21-20(19)14-31-35-21/h5,7-8,10-11,13-14,16,22H,6,9,12,15H2,1-4H3,(H,30,36)(H,31,35)(H,34,37)(H,29,32,33)/t22-/m0/s1. The van der Waals surface area contributed by atoms with Gasteiger partial charge in [-0.25, -0.2) is 14.8 Å². The Kier molecular flexibility index (Phi) is 9.43. The van der Waals surface area contributed by atoms with Crippen LogP contribution in [-0.4, -0.2) is 63.2 Å². The summed E-state index contributed by atoms with van der Waals surface area (Å²) in [6, 6.07) is 8.45. The van der Waals surface area contributed by atoms with E-state index in [4.69, 9.17) is 4.74 Å². The Morgan fingerprint density at radius 3 is 2.52 bits per heavy atom. The summed E-state index contributed by atoms with van der Waals surface area (Å²) in [5.74, 6) is -1.08. The highest BCUT2D eigenvalue weighted by atomic mass is 32.1. The fourth-order valence-electron chi connectivity index (χ4n) is 4.28. The zero-order chi connectivity index (χ0) is 28.6. The Hall–Kier alpha value is -4.32. The molecule has 3 heterocycles. The average molecular weight is 564 g/mol. The van der Waals surface area contributed by atoms with Crippen LogP contribution in [-0.2, 0) is 16.0 Å². The SMILES string of the molecule is Cc1nc(NCCCc2cccc3[nH]ncc23)nc(C)c1C(=O)N[C@@H](CNC(=O)c1cccs1)C(=O)OC(C)C. The lowest BCUT2D eigenvalue weighted by atomic mass is 10.1. The number of H-pyrrole nitrogens is 1. The lowest BCUT2D eigenvalue weighted by Crippen LogP contribution is -2.50. The van der Waals surface area contributed by atoms with Gasteiger partial charge in [-0.1, -0.05) is 18.2 Å². The Morgan fingerprint density at radius 2 is 1.82 bits per heavy atom. The number of carbonyl (C=O) groups is 3. The van der Waals surface area contributed by atoms with Gasteiger partial charge in [-0.2, -0.15) is 5.10 Å². The van der Waals surface area contributed by atoms with Gasteiger partial charge in [0.1, 0.15) is 6.04 Å². The maximum Gasteiger partial charge on any atom is 0.330 e. The van der Waals surface area contributed by atoms with Crippen LogP contribution < -0.4 is 16.0 Å². The molecule has 210 valence electrons. The number of aryl methyl sites for hydroxylation is 3. The van der Waals surface area contributed by atoms with E-state index >= 15 is 0 Å². The summed E-state index contributed by atoms with van der Waals surface area (Å²) in [4.78, 5) is 47.8. The van der Waals surface area contributed by atoms with E-state index in [1.54, 1.807) is 45.2 Å². The monoisotopic (exact) mass is 563 g/mol. The summed E-state index contributed by atoms with van der Waals surface area (Å²) >= 11 is 1.28. The zero-order valence-electron chi connectivity index (χ0n) is 22.9. The smallest absolute Gasteiger partial charge is 0.330 e. The Bertz CT molecular complexity index is 1460. The number of fused-ring (bicyclic) bond motifs is 1. The third-order valence-electron chi connectivity index (χ3n) is 6.13. The molecule has 2 amide bonds. The highest BCUT2D eigenvalue weighted by molar-refractivity contribution is 7.12. The Morgan fingerprint density at radius 1 is 1.05 bits per heavy atom. The van der Waals surface area contributed by atoms with Crippen molar-refractivity contribution in [1.82, 2.24) is 30.8 Å². The fraction of sp³-hybridized carbons (Fsp3) is 0.357. The molecule has 4 rings (SSSR count). The number of aromatic nitrogens is 4. The molecule has 0 bridgehead atoms. The molecule has 12 heteroatoms. The van der Waals surface area contributed by atoms with E-state index in [2.05, 4.69) is 42.2 Å². The summed E-state index contributed by atoms with van der Waals surface area (Å²) < 4.78 is 5.31. The first-order chi connectivity index (χ1) is 19.2. The molecule has 4 aromatic rings. The lowest BCUT2D eigenvalue weighted by Gasteiger charge is -2.20. The van der Waals surface area contributed by atoms with Gasteiger partial charge >= 0.3 is 5.97 Å². The number of carbonyl (C=O) groups excluding carboxylic acids is 3. The van der Waals surface area contributed by atoms with Crippen LogP contribution in [0.3, 0.4) is 0 Å². The van der Waals surface area contributed by atoms with Crippen molar-refractivity contribution in [2.75, 3.05) is 18.4 Å². The highest BCUT2D eigenvalue weighted by Crippen LogP contribution is 2.18. The van der Waals surface area contributed by atoms with Gasteiger partial charge in [0.2, 0.25) is 5.95 Å². The molecule has 1 atom stereocenters. The van der Waals surface area contributed by atoms with Crippen molar-refractivity contribution in [3.05, 3.63) is 69.3 Å². The molecule has 0 saturated carbocycles. The zero-order valence-corrected chi connectivity index (χ0v) is 23.7. The molecule has 3 aromatic heterocycles. The number of hydrogen-bond acceptors (Lipinski definition) is 9. The largest absolute Gasteiger partial charge is 0.461 e. The van der Waals surface area contributed by atoms with Crippen LogP contribution in [0.2, 0.25) is 0 Å². The van der Waals surface area contributed by atoms with Crippen molar-refractivity contribution in [2.45, 2.75) is 52.7 Å². The minimum absolute atomic E-state index is 0.126. The summed E-state index contributed by atoms with van der Waals surface area (Å²) in [5.41, 5.74) is 3.43.